The third kappa shape index (κ3) is 2.33. The van der Waals surface area contributed by atoms with Gasteiger partial charge in [-0.05, 0) is 31.1 Å². The second kappa shape index (κ2) is 5.74. The van der Waals surface area contributed by atoms with Crippen molar-refractivity contribution in [3.05, 3.63) is 0 Å². The van der Waals surface area contributed by atoms with Crippen molar-refractivity contribution in [2.24, 2.45) is 11.8 Å². The van der Waals surface area contributed by atoms with Gasteiger partial charge in [0.1, 0.15) is 12.1 Å². The molecule has 0 aromatic carbocycles. The number of carbonyl (C=O) groups is 2. The summed E-state index contributed by atoms with van der Waals surface area (Å²) >= 11 is 0. The summed E-state index contributed by atoms with van der Waals surface area (Å²) in [6.07, 6.45) is 2.70. The maximum Gasteiger partial charge on any atom is 0.246 e. The van der Waals surface area contributed by atoms with Crippen LogP contribution in [0.5, 0.6) is 0 Å². The van der Waals surface area contributed by atoms with Gasteiger partial charge in [-0.15, -0.1) is 0 Å². The van der Waals surface area contributed by atoms with Crippen LogP contribution in [-0.4, -0.2) is 46.3 Å². The Bertz CT molecular complexity index is 392. The van der Waals surface area contributed by atoms with Gasteiger partial charge < -0.3 is 9.80 Å². The molecular formula is C16H28N2O2. The molecule has 0 saturated carbocycles. The Labute approximate surface area is 122 Å². The van der Waals surface area contributed by atoms with Gasteiger partial charge in [0.2, 0.25) is 11.8 Å². The predicted octanol–water partition coefficient (Wildman–Crippen LogP) is 2.28. The summed E-state index contributed by atoms with van der Waals surface area (Å²) < 4.78 is 0. The van der Waals surface area contributed by atoms with E-state index < -0.39 is 0 Å². The zero-order valence-electron chi connectivity index (χ0n) is 13.4. The number of fused-ring (bicyclic) bond motifs is 1. The lowest BCUT2D eigenvalue weighted by Gasteiger charge is -2.48. The molecule has 2 fully saturated rings. The van der Waals surface area contributed by atoms with Crippen LogP contribution in [0.25, 0.3) is 0 Å². The minimum atomic E-state index is -0.274. The van der Waals surface area contributed by atoms with Crippen molar-refractivity contribution in [3.63, 3.8) is 0 Å². The number of hydrogen-bond donors (Lipinski definition) is 0. The van der Waals surface area contributed by atoms with Gasteiger partial charge >= 0.3 is 0 Å². The number of carbonyl (C=O) groups excluding carboxylic acids is 2. The molecule has 0 spiro atoms. The molecule has 2 rings (SSSR count). The zero-order valence-corrected chi connectivity index (χ0v) is 13.4. The molecule has 4 nitrogen and oxygen atoms in total. The number of amides is 2. The minimum absolute atomic E-state index is 0.167. The van der Waals surface area contributed by atoms with Gasteiger partial charge in [0.25, 0.3) is 0 Å². The van der Waals surface area contributed by atoms with E-state index in [2.05, 4.69) is 20.8 Å². The van der Waals surface area contributed by atoms with Crippen molar-refractivity contribution in [3.8, 4) is 0 Å². The Balaban J connectivity index is 2.39. The van der Waals surface area contributed by atoms with E-state index in [-0.39, 0.29) is 35.9 Å². The van der Waals surface area contributed by atoms with Gasteiger partial charge in [-0.1, -0.05) is 34.6 Å². The maximum atomic E-state index is 12.9. The predicted molar refractivity (Wildman–Crippen MR) is 79.1 cm³/mol. The highest BCUT2D eigenvalue weighted by atomic mass is 16.2. The molecule has 2 saturated heterocycles. The van der Waals surface area contributed by atoms with Crippen molar-refractivity contribution in [1.82, 2.24) is 9.80 Å². The highest BCUT2D eigenvalue weighted by Crippen LogP contribution is 2.33. The Hall–Kier alpha value is -1.06. The number of hydrogen-bond acceptors (Lipinski definition) is 2. The molecule has 2 aliphatic heterocycles. The first-order valence-electron chi connectivity index (χ1n) is 8.02. The Morgan fingerprint density at radius 2 is 1.80 bits per heavy atom. The van der Waals surface area contributed by atoms with E-state index in [1.54, 1.807) is 0 Å². The minimum Gasteiger partial charge on any atom is -0.329 e. The molecule has 20 heavy (non-hydrogen) atoms. The lowest BCUT2D eigenvalue weighted by atomic mass is 9.89. The molecule has 0 N–H and O–H groups in total. The molecule has 2 heterocycles. The Morgan fingerprint density at radius 3 is 2.30 bits per heavy atom. The topological polar surface area (TPSA) is 40.6 Å². The fourth-order valence-corrected chi connectivity index (χ4v) is 3.85. The first kappa shape index (κ1) is 15.3. The van der Waals surface area contributed by atoms with Crippen LogP contribution < -0.4 is 0 Å². The van der Waals surface area contributed by atoms with E-state index in [4.69, 9.17) is 0 Å². The fourth-order valence-electron chi connectivity index (χ4n) is 3.85. The lowest BCUT2D eigenvalue weighted by molar-refractivity contribution is -0.165. The molecule has 0 aliphatic carbocycles. The molecule has 3 atom stereocenters. The van der Waals surface area contributed by atoms with Gasteiger partial charge in [-0.25, -0.2) is 0 Å². The number of rotatable bonds is 4. The van der Waals surface area contributed by atoms with Gasteiger partial charge in [0.05, 0.1) is 0 Å². The number of nitrogens with zero attached hydrogens (tertiary/aromatic N) is 2. The van der Waals surface area contributed by atoms with Crippen LogP contribution in [0.2, 0.25) is 0 Å². The molecule has 0 aromatic heterocycles. The van der Waals surface area contributed by atoms with Crippen LogP contribution in [0.4, 0.5) is 0 Å². The smallest absolute Gasteiger partial charge is 0.246 e. The Kier molecular flexibility index (Phi) is 4.40. The van der Waals surface area contributed by atoms with Gasteiger partial charge in [-0.3, -0.25) is 9.59 Å². The SMILES string of the molecule is CCC(C(C)C)N1C(=O)C2CCCN2C(=O)C1C(C)C. The standard InChI is InChI=1S/C16H28N2O2/c1-6-12(10(2)3)18-14(11(4)5)16(20)17-9-7-8-13(17)15(18)19/h10-14H,6-9H2,1-5H3. The van der Waals surface area contributed by atoms with Crippen LogP contribution >= 0.6 is 0 Å². The van der Waals surface area contributed by atoms with Crippen molar-refractivity contribution < 1.29 is 9.59 Å². The lowest BCUT2D eigenvalue weighted by Crippen LogP contribution is -2.67. The normalized spacial score (nSPS) is 28.6. The third-order valence-electron chi connectivity index (χ3n) is 4.80. The highest BCUT2D eigenvalue weighted by Gasteiger charge is 2.50. The average Bonchev–Trinajstić information content (AvgIpc) is 2.84. The first-order valence-corrected chi connectivity index (χ1v) is 8.02. The molecule has 3 unspecified atom stereocenters. The average molecular weight is 280 g/mol. The molecular weight excluding hydrogens is 252 g/mol. The van der Waals surface area contributed by atoms with E-state index in [1.807, 2.05) is 23.6 Å². The summed E-state index contributed by atoms with van der Waals surface area (Å²) in [5, 5.41) is 0. The summed E-state index contributed by atoms with van der Waals surface area (Å²) in [5.41, 5.74) is 0. The molecule has 114 valence electrons. The third-order valence-corrected chi connectivity index (χ3v) is 4.80. The molecule has 4 heteroatoms. The van der Waals surface area contributed by atoms with E-state index in [0.29, 0.717) is 5.92 Å². The molecule has 0 aromatic rings. The van der Waals surface area contributed by atoms with Gasteiger partial charge in [0.15, 0.2) is 0 Å². The van der Waals surface area contributed by atoms with Crippen molar-refractivity contribution >= 4 is 11.8 Å². The molecule has 2 amide bonds. The maximum absolute atomic E-state index is 12.9. The summed E-state index contributed by atoms with van der Waals surface area (Å²) in [6, 6.07) is -0.295. The van der Waals surface area contributed by atoms with Crippen LogP contribution in [0.3, 0.4) is 0 Å². The quantitative estimate of drug-likeness (QED) is 0.792. The Morgan fingerprint density at radius 1 is 1.15 bits per heavy atom. The zero-order chi connectivity index (χ0) is 15.0. The second-order valence-corrected chi connectivity index (χ2v) is 6.84. The van der Waals surface area contributed by atoms with Crippen molar-refractivity contribution in [1.29, 1.82) is 0 Å². The van der Waals surface area contributed by atoms with Crippen LogP contribution in [0, 0.1) is 11.8 Å². The largest absolute Gasteiger partial charge is 0.329 e. The summed E-state index contributed by atoms with van der Waals surface area (Å²) in [7, 11) is 0. The summed E-state index contributed by atoms with van der Waals surface area (Å²) in [5.74, 6) is 0.898. The fraction of sp³-hybridized carbons (Fsp3) is 0.875. The van der Waals surface area contributed by atoms with E-state index in [9.17, 15) is 9.59 Å². The van der Waals surface area contributed by atoms with Crippen LogP contribution in [0.1, 0.15) is 53.9 Å². The summed E-state index contributed by atoms with van der Waals surface area (Å²) in [4.78, 5) is 29.4. The number of piperazine rings is 1. The van der Waals surface area contributed by atoms with Gasteiger partial charge in [-0.2, -0.15) is 0 Å². The van der Waals surface area contributed by atoms with E-state index >= 15 is 0 Å². The van der Waals surface area contributed by atoms with Crippen LogP contribution in [-0.2, 0) is 9.59 Å². The van der Waals surface area contributed by atoms with Crippen LogP contribution in [0.15, 0.2) is 0 Å². The van der Waals surface area contributed by atoms with E-state index in [0.717, 1.165) is 25.8 Å². The van der Waals surface area contributed by atoms with Gasteiger partial charge in [0, 0.05) is 12.6 Å². The molecule has 2 aliphatic rings. The summed E-state index contributed by atoms with van der Waals surface area (Å²) in [6.45, 7) is 11.2. The molecule has 0 radical (unpaired) electrons. The van der Waals surface area contributed by atoms with E-state index in [1.165, 1.54) is 0 Å². The monoisotopic (exact) mass is 280 g/mol. The second-order valence-electron chi connectivity index (χ2n) is 6.84. The first-order chi connectivity index (χ1) is 9.40. The highest BCUT2D eigenvalue weighted by molar-refractivity contribution is 5.97. The molecule has 0 bridgehead atoms. The van der Waals surface area contributed by atoms with Crippen molar-refractivity contribution in [2.75, 3.05) is 6.54 Å². The van der Waals surface area contributed by atoms with Crippen molar-refractivity contribution in [2.45, 2.75) is 72.0 Å².